The summed E-state index contributed by atoms with van der Waals surface area (Å²) in [5.41, 5.74) is 3.50. The van der Waals surface area contributed by atoms with E-state index in [9.17, 15) is 4.79 Å². The van der Waals surface area contributed by atoms with Crippen molar-refractivity contribution in [1.82, 2.24) is 19.7 Å². The van der Waals surface area contributed by atoms with Crippen LogP contribution in [0, 0.1) is 0 Å². The number of carbonyl (C=O) groups is 1. The molecule has 2 heterocycles. The first-order chi connectivity index (χ1) is 15.6. The van der Waals surface area contributed by atoms with E-state index in [0.717, 1.165) is 42.5 Å². The lowest BCUT2D eigenvalue weighted by Gasteiger charge is -2.29. The van der Waals surface area contributed by atoms with Gasteiger partial charge in [-0.2, -0.15) is 0 Å². The van der Waals surface area contributed by atoms with Gasteiger partial charge in [0.05, 0.1) is 18.3 Å². The minimum absolute atomic E-state index is 0.123. The Balaban J connectivity index is 1.56. The Morgan fingerprint density at radius 3 is 2.59 bits per heavy atom. The number of aromatic nitrogens is 3. The fourth-order valence-electron chi connectivity index (χ4n) is 4.34. The van der Waals surface area contributed by atoms with Crippen molar-refractivity contribution in [1.29, 1.82) is 0 Å². The molecule has 1 aliphatic heterocycles. The maximum Gasteiger partial charge on any atom is 0.237 e. The molecule has 6 nitrogen and oxygen atoms in total. The molecule has 0 radical (unpaired) electrons. The van der Waals surface area contributed by atoms with Crippen molar-refractivity contribution in [2.75, 3.05) is 31.3 Å². The fourth-order valence-corrected chi connectivity index (χ4v) is 5.16. The van der Waals surface area contributed by atoms with Crippen molar-refractivity contribution >= 4 is 23.4 Å². The number of hydrogen-bond acceptors (Lipinski definition) is 5. The molecule has 0 fully saturated rings. The first kappa shape index (κ1) is 22.6. The van der Waals surface area contributed by atoms with E-state index in [1.807, 2.05) is 35.2 Å². The van der Waals surface area contributed by atoms with Crippen LogP contribution in [0.1, 0.15) is 42.8 Å². The van der Waals surface area contributed by atoms with Gasteiger partial charge < -0.3 is 9.47 Å². The molecular formula is C25H31N5OS. The van der Waals surface area contributed by atoms with E-state index < -0.39 is 0 Å². The van der Waals surface area contributed by atoms with Crippen LogP contribution in [0.15, 0.2) is 59.8 Å². The summed E-state index contributed by atoms with van der Waals surface area (Å²) in [6.07, 6.45) is 2.97. The smallest absolute Gasteiger partial charge is 0.237 e. The van der Waals surface area contributed by atoms with Crippen molar-refractivity contribution in [3.8, 4) is 0 Å². The summed E-state index contributed by atoms with van der Waals surface area (Å²) in [4.78, 5) is 17.3. The number of anilines is 1. The molecule has 1 amide bonds. The third-order valence-electron chi connectivity index (χ3n) is 5.97. The number of para-hydroxylation sites is 1. The Morgan fingerprint density at radius 1 is 1.09 bits per heavy atom. The molecule has 2 aromatic carbocycles. The quantitative estimate of drug-likeness (QED) is 0.477. The van der Waals surface area contributed by atoms with Gasteiger partial charge in [-0.15, -0.1) is 10.2 Å². The van der Waals surface area contributed by atoms with Crippen LogP contribution in [-0.4, -0.2) is 52.0 Å². The van der Waals surface area contributed by atoms with Crippen LogP contribution in [0.25, 0.3) is 0 Å². The molecule has 0 aliphatic carbocycles. The van der Waals surface area contributed by atoms with Gasteiger partial charge in [-0.1, -0.05) is 67.2 Å². The predicted molar refractivity (Wildman–Crippen MR) is 130 cm³/mol. The third-order valence-corrected chi connectivity index (χ3v) is 6.92. The van der Waals surface area contributed by atoms with Gasteiger partial charge in [0.2, 0.25) is 5.91 Å². The van der Waals surface area contributed by atoms with E-state index in [1.165, 1.54) is 22.9 Å². The highest BCUT2D eigenvalue weighted by Crippen LogP contribution is 2.29. The van der Waals surface area contributed by atoms with Crippen molar-refractivity contribution in [3.63, 3.8) is 0 Å². The van der Waals surface area contributed by atoms with E-state index in [-0.39, 0.29) is 11.9 Å². The van der Waals surface area contributed by atoms with E-state index in [4.69, 9.17) is 0 Å². The average Bonchev–Trinajstić information content (AvgIpc) is 3.20. The molecule has 0 saturated carbocycles. The van der Waals surface area contributed by atoms with E-state index in [1.54, 1.807) is 0 Å². The van der Waals surface area contributed by atoms with E-state index in [0.29, 0.717) is 12.3 Å². The largest absolute Gasteiger partial charge is 0.311 e. The van der Waals surface area contributed by atoms with Crippen molar-refractivity contribution in [2.45, 2.75) is 43.9 Å². The molecule has 0 saturated heterocycles. The number of carbonyl (C=O) groups excluding carboxylic acids is 1. The third kappa shape index (κ3) is 4.89. The zero-order chi connectivity index (χ0) is 22.5. The molecule has 0 bridgehead atoms. The highest BCUT2D eigenvalue weighted by atomic mass is 32.2. The maximum atomic E-state index is 13.1. The Labute approximate surface area is 194 Å². The van der Waals surface area contributed by atoms with Gasteiger partial charge in [0.15, 0.2) is 11.0 Å². The lowest BCUT2D eigenvalue weighted by Crippen LogP contribution is -2.36. The Hall–Kier alpha value is -2.64. The molecule has 7 heteroatoms. The maximum absolute atomic E-state index is 13.1. The van der Waals surface area contributed by atoms with Gasteiger partial charge in [0.25, 0.3) is 0 Å². The summed E-state index contributed by atoms with van der Waals surface area (Å²) in [5, 5.41) is 9.85. The molecule has 1 atom stereocenters. The monoisotopic (exact) mass is 449 g/mol. The summed E-state index contributed by atoms with van der Waals surface area (Å²) in [6.45, 7) is 3.63. The molecule has 1 aromatic heterocycles. The first-order valence-corrected chi connectivity index (χ1v) is 12.2. The SMILES string of the molecule is CC[C@H](c1nnc(SCC(=O)N2CCCc3ccccc32)n1Cc1ccccc1)N(C)C. The molecule has 0 N–H and O–H groups in total. The second kappa shape index (κ2) is 10.3. The van der Waals surface area contributed by atoms with Crippen molar-refractivity contribution in [2.24, 2.45) is 0 Å². The van der Waals surface area contributed by atoms with Crippen molar-refractivity contribution in [3.05, 3.63) is 71.5 Å². The van der Waals surface area contributed by atoms with Crippen LogP contribution in [0.5, 0.6) is 0 Å². The minimum Gasteiger partial charge on any atom is -0.311 e. The van der Waals surface area contributed by atoms with Crippen LogP contribution >= 0.6 is 11.8 Å². The molecule has 168 valence electrons. The molecule has 1 aliphatic rings. The zero-order valence-electron chi connectivity index (χ0n) is 19.1. The number of nitrogens with zero attached hydrogens (tertiary/aromatic N) is 5. The topological polar surface area (TPSA) is 54.3 Å². The summed E-state index contributed by atoms with van der Waals surface area (Å²) >= 11 is 1.48. The Morgan fingerprint density at radius 2 is 1.84 bits per heavy atom. The fraction of sp³-hybridized carbons (Fsp3) is 0.400. The first-order valence-electron chi connectivity index (χ1n) is 11.2. The highest BCUT2D eigenvalue weighted by molar-refractivity contribution is 7.99. The molecule has 32 heavy (non-hydrogen) atoms. The van der Waals surface area contributed by atoms with Gasteiger partial charge in [0, 0.05) is 12.2 Å². The van der Waals surface area contributed by atoms with Crippen LogP contribution in [0.2, 0.25) is 0 Å². The summed E-state index contributed by atoms with van der Waals surface area (Å²) in [7, 11) is 4.14. The number of benzene rings is 2. The van der Waals surface area contributed by atoms with Gasteiger partial charge in [-0.25, -0.2) is 0 Å². The number of thioether (sulfide) groups is 1. The van der Waals surface area contributed by atoms with Crippen molar-refractivity contribution < 1.29 is 4.79 Å². The summed E-state index contributed by atoms with van der Waals surface area (Å²) in [5.74, 6) is 1.41. The van der Waals surface area contributed by atoms with Gasteiger partial charge in [-0.3, -0.25) is 9.69 Å². The van der Waals surface area contributed by atoms with Crippen LogP contribution < -0.4 is 4.90 Å². The standard InChI is InChI=1S/C25H31N5OS/c1-4-21(28(2)3)24-26-27-25(30(24)17-19-11-6-5-7-12-19)32-18-23(31)29-16-10-14-20-13-8-9-15-22(20)29/h5-9,11-13,15,21H,4,10,14,16-18H2,1-3H3/t21-/m1/s1. The molecular weight excluding hydrogens is 418 g/mol. The summed E-state index contributed by atoms with van der Waals surface area (Å²) < 4.78 is 2.17. The number of hydrogen-bond donors (Lipinski definition) is 0. The number of fused-ring (bicyclic) bond motifs is 1. The number of rotatable bonds is 8. The Bertz CT molecular complexity index is 1050. The molecule has 0 spiro atoms. The van der Waals surface area contributed by atoms with E-state index >= 15 is 0 Å². The average molecular weight is 450 g/mol. The normalized spacial score (nSPS) is 14.4. The molecule has 4 rings (SSSR count). The van der Waals surface area contributed by atoms with Gasteiger partial charge in [-0.05, 0) is 50.6 Å². The lowest BCUT2D eigenvalue weighted by atomic mass is 10.0. The van der Waals surface area contributed by atoms with Crippen LogP contribution in [0.4, 0.5) is 5.69 Å². The Kier molecular flexibility index (Phi) is 7.27. The molecule has 3 aromatic rings. The number of aryl methyl sites for hydroxylation is 1. The van der Waals surface area contributed by atoms with Gasteiger partial charge >= 0.3 is 0 Å². The second-order valence-electron chi connectivity index (χ2n) is 8.37. The van der Waals surface area contributed by atoms with Crippen LogP contribution in [0.3, 0.4) is 0 Å². The zero-order valence-corrected chi connectivity index (χ0v) is 19.9. The van der Waals surface area contributed by atoms with E-state index in [2.05, 4.69) is 64.9 Å². The lowest BCUT2D eigenvalue weighted by molar-refractivity contribution is -0.116. The predicted octanol–water partition coefficient (Wildman–Crippen LogP) is 4.41. The highest BCUT2D eigenvalue weighted by Gasteiger charge is 2.25. The van der Waals surface area contributed by atoms with Crippen LogP contribution in [-0.2, 0) is 17.8 Å². The summed E-state index contributed by atoms with van der Waals surface area (Å²) in [6, 6.07) is 18.7. The van der Waals surface area contributed by atoms with Gasteiger partial charge in [0.1, 0.15) is 0 Å². The molecule has 0 unspecified atom stereocenters. The number of amides is 1. The minimum atomic E-state index is 0.123. The second-order valence-corrected chi connectivity index (χ2v) is 9.31.